The van der Waals surface area contributed by atoms with E-state index in [0.29, 0.717) is 5.41 Å². The van der Waals surface area contributed by atoms with E-state index in [2.05, 4.69) is 24.4 Å². The first-order valence-electron chi connectivity index (χ1n) is 4.72. The van der Waals surface area contributed by atoms with E-state index in [0.717, 1.165) is 5.92 Å². The normalized spacial score (nSPS) is 42.5. The van der Waals surface area contributed by atoms with E-state index in [1.165, 1.54) is 32.4 Å². The predicted molar refractivity (Wildman–Crippen MR) is 47.5 cm³/mol. The zero-order chi connectivity index (χ0) is 7.73. The van der Waals surface area contributed by atoms with E-state index < -0.39 is 0 Å². The maximum absolute atomic E-state index is 3.53. The lowest BCUT2D eigenvalue weighted by atomic mass is 9.69. The molecule has 0 saturated carbocycles. The monoisotopic (exact) mass is 151 g/mol. The van der Waals surface area contributed by atoms with Crippen molar-refractivity contribution in [3.8, 4) is 0 Å². The second kappa shape index (κ2) is 2.63. The summed E-state index contributed by atoms with van der Waals surface area (Å²) in [5.74, 6) is 0.831. The van der Waals surface area contributed by atoms with Crippen LogP contribution in [0.15, 0.2) is 12.2 Å². The lowest BCUT2D eigenvalue weighted by Gasteiger charge is -2.42. The van der Waals surface area contributed by atoms with Crippen molar-refractivity contribution < 1.29 is 0 Å². The second-order valence-electron chi connectivity index (χ2n) is 4.08. The van der Waals surface area contributed by atoms with Crippen LogP contribution >= 0.6 is 0 Å². The number of hydrogen-bond acceptors (Lipinski definition) is 1. The summed E-state index contributed by atoms with van der Waals surface area (Å²) in [6, 6.07) is 0. The second-order valence-corrected chi connectivity index (χ2v) is 4.08. The molecule has 2 atom stereocenters. The molecular formula is C10H17N. The highest BCUT2D eigenvalue weighted by atomic mass is 14.9. The van der Waals surface area contributed by atoms with Crippen molar-refractivity contribution >= 4 is 0 Å². The molecule has 1 aliphatic heterocycles. The van der Waals surface area contributed by atoms with Crippen LogP contribution in [0, 0.1) is 11.3 Å². The number of allylic oxidation sites excluding steroid dienone is 1. The zero-order valence-electron chi connectivity index (χ0n) is 7.27. The van der Waals surface area contributed by atoms with Gasteiger partial charge in [0, 0.05) is 13.1 Å². The first-order chi connectivity index (χ1) is 5.35. The fourth-order valence-electron chi connectivity index (χ4n) is 2.44. The summed E-state index contributed by atoms with van der Waals surface area (Å²) < 4.78 is 0. The lowest BCUT2D eigenvalue weighted by molar-refractivity contribution is 0.161. The Kier molecular flexibility index (Phi) is 1.76. The van der Waals surface area contributed by atoms with Crippen LogP contribution in [0.3, 0.4) is 0 Å². The molecule has 0 amide bonds. The molecule has 2 aliphatic rings. The van der Waals surface area contributed by atoms with Crippen molar-refractivity contribution in [3.05, 3.63) is 12.2 Å². The van der Waals surface area contributed by atoms with Gasteiger partial charge in [-0.3, -0.25) is 0 Å². The van der Waals surface area contributed by atoms with Gasteiger partial charge in [0.25, 0.3) is 0 Å². The molecule has 11 heavy (non-hydrogen) atoms. The maximum atomic E-state index is 3.53. The van der Waals surface area contributed by atoms with E-state index in [9.17, 15) is 0 Å². The average Bonchev–Trinajstić information content (AvgIpc) is 2.05. The smallest absolute Gasteiger partial charge is 0.00146 e. The number of rotatable bonds is 1. The van der Waals surface area contributed by atoms with Crippen LogP contribution in [0.2, 0.25) is 0 Å². The number of nitrogens with one attached hydrogen (secondary N) is 1. The zero-order valence-corrected chi connectivity index (χ0v) is 7.27. The third-order valence-electron chi connectivity index (χ3n) is 3.31. The van der Waals surface area contributed by atoms with Gasteiger partial charge in [-0.2, -0.15) is 0 Å². The highest BCUT2D eigenvalue weighted by molar-refractivity contribution is 5.05. The van der Waals surface area contributed by atoms with Crippen molar-refractivity contribution in [2.45, 2.75) is 26.2 Å². The van der Waals surface area contributed by atoms with Crippen LogP contribution < -0.4 is 5.32 Å². The fourth-order valence-corrected chi connectivity index (χ4v) is 2.44. The molecule has 0 aromatic carbocycles. The molecule has 1 aliphatic carbocycles. The molecular weight excluding hydrogens is 134 g/mol. The Bertz CT molecular complexity index is 174. The summed E-state index contributed by atoms with van der Waals surface area (Å²) in [5.41, 5.74) is 0.623. The predicted octanol–water partition coefficient (Wildman–Crippen LogP) is 1.95. The third kappa shape index (κ3) is 1.22. The topological polar surface area (TPSA) is 12.0 Å². The minimum absolute atomic E-state index is 0.623. The molecule has 2 rings (SSSR count). The summed E-state index contributed by atoms with van der Waals surface area (Å²) in [6.07, 6.45) is 8.83. The van der Waals surface area contributed by atoms with Gasteiger partial charge in [-0.25, -0.2) is 0 Å². The standard InChI is InChI=1S/C10H17N/c1-2-10-5-3-4-9(6-10)7-11-8-10/h3-4,9,11H,2,5-8H2,1H3. The Hall–Kier alpha value is -0.300. The summed E-state index contributed by atoms with van der Waals surface area (Å²) in [7, 11) is 0. The van der Waals surface area contributed by atoms with Crippen molar-refractivity contribution in [1.29, 1.82) is 0 Å². The number of fused-ring (bicyclic) bond motifs is 2. The molecule has 0 radical (unpaired) electrons. The van der Waals surface area contributed by atoms with Crippen LogP contribution in [0.5, 0.6) is 0 Å². The van der Waals surface area contributed by atoms with Gasteiger partial charge in [-0.1, -0.05) is 19.1 Å². The minimum Gasteiger partial charge on any atom is -0.316 e. The molecule has 1 nitrogen and oxygen atoms in total. The third-order valence-corrected chi connectivity index (χ3v) is 3.31. The summed E-state index contributed by atoms with van der Waals surface area (Å²) in [4.78, 5) is 0. The Morgan fingerprint density at radius 2 is 2.55 bits per heavy atom. The SMILES string of the molecule is CCC12CC=CC(CNC1)C2. The van der Waals surface area contributed by atoms with Crippen molar-refractivity contribution in [2.75, 3.05) is 13.1 Å². The van der Waals surface area contributed by atoms with Gasteiger partial charge in [0.2, 0.25) is 0 Å². The molecule has 1 saturated heterocycles. The minimum atomic E-state index is 0.623. The molecule has 1 heterocycles. The Morgan fingerprint density at radius 3 is 3.27 bits per heavy atom. The highest BCUT2D eigenvalue weighted by Gasteiger charge is 2.34. The quantitative estimate of drug-likeness (QED) is 0.565. The summed E-state index contributed by atoms with van der Waals surface area (Å²) in [6.45, 7) is 4.77. The average molecular weight is 151 g/mol. The molecule has 0 aromatic rings. The van der Waals surface area contributed by atoms with Crippen LogP contribution in [-0.4, -0.2) is 13.1 Å². The molecule has 2 bridgehead atoms. The van der Waals surface area contributed by atoms with E-state index >= 15 is 0 Å². The first kappa shape index (κ1) is 7.35. The first-order valence-corrected chi connectivity index (χ1v) is 4.72. The molecule has 0 aromatic heterocycles. The summed E-state index contributed by atoms with van der Waals surface area (Å²) in [5, 5.41) is 3.53. The molecule has 1 N–H and O–H groups in total. The van der Waals surface area contributed by atoms with Crippen molar-refractivity contribution in [1.82, 2.24) is 5.32 Å². The maximum Gasteiger partial charge on any atom is 0.00146 e. The van der Waals surface area contributed by atoms with E-state index in [1.54, 1.807) is 0 Å². The molecule has 1 heteroatoms. The lowest BCUT2D eigenvalue weighted by Crippen LogP contribution is -2.45. The highest BCUT2D eigenvalue weighted by Crippen LogP contribution is 2.40. The number of hydrogen-bond donors (Lipinski definition) is 1. The largest absolute Gasteiger partial charge is 0.316 e. The van der Waals surface area contributed by atoms with Crippen molar-refractivity contribution in [2.24, 2.45) is 11.3 Å². The Labute approximate surface area is 68.9 Å². The van der Waals surface area contributed by atoms with E-state index in [1.807, 2.05) is 0 Å². The van der Waals surface area contributed by atoms with Gasteiger partial charge in [-0.15, -0.1) is 0 Å². The molecule has 62 valence electrons. The van der Waals surface area contributed by atoms with Crippen LogP contribution in [-0.2, 0) is 0 Å². The molecule has 2 unspecified atom stereocenters. The van der Waals surface area contributed by atoms with E-state index in [-0.39, 0.29) is 0 Å². The molecule has 0 spiro atoms. The van der Waals surface area contributed by atoms with Gasteiger partial charge in [0.15, 0.2) is 0 Å². The van der Waals surface area contributed by atoms with Gasteiger partial charge in [0.05, 0.1) is 0 Å². The molecule has 1 fully saturated rings. The summed E-state index contributed by atoms with van der Waals surface area (Å²) >= 11 is 0. The van der Waals surface area contributed by atoms with Crippen LogP contribution in [0.1, 0.15) is 26.2 Å². The Balaban J connectivity index is 2.16. The van der Waals surface area contributed by atoms with Gasteiger partial charge in [-0.05, 0) is 30.6 Å². The van der Waals surface area contributed by atoms with Gasteiger partial charge >= 0.3 is 0 Å². The van der Waals surface area contributed by atoms with Crippen molar-refractivity contribution in [3.63, 3.8) is 0 Å². The van der Waals surface area contributed by atoms with Crippen LogP contribution in [0.25, 0.3) is 0 Å². The number of piperidine rings is 1. The fraction of sp³-hybridized carbons (Fsp3) is 0.800. The van der Waals surface area contributed by atoms with E-state index in [4.69, 9.17) is 0 Å². The van der Waals surface area contributed by atoms with Gasteiger partial charge < -0.3 is 5.32 Å². The Morgan fingerprint density at radius 1 is 1.64 bits per heavy atom. The van der Waals surface area contributed by atoms with Crippen LogP contribution in [0.4, 0.5) is 0 Å². The van der Waals surface area contributed by atoms with Gasteiger partial charge in [0.1, 0.15) is 0 Å².